The molecule has 9 heteroatoms. The van der Waals surface area contributed by atoms with Crippen LogP contribution in [-0.4, -0.2) is 48.7 Å². The van der Waals surface area contributed by atoms with E-state index in [2.05, 4.69) is 0 Å². The van der Waals surface area contributed by atoms with Gasteiger partial charge >= 0.3 is 9.05 Å². The number of rotatable bonds is 0. The molecule has 2 aromatic rings. The van der Waals surface area contributed by atoms with Crippen molar-refractivity contribution in [2.24, 2.45) is 0 Å². The summed E-state index contributed by atoms with van der Waals surface area (Å²) in [4.78, 5) is 29.3. The number of phenolic OH excluding ortho intramolecular Hbond substituents is 4. The van der Waals surface area contributed by atoms with Gasteiger partial charge in [-0.3, -0.25) is 0 Å². The second-order valence-corrected chi connectivity index (χ2v) is 4.78. The Labute approximate surface area is 121 Å². The number of benzene rings is 2. The summed E-state index contributed by atoms with van der Waals surface area (Å²) in [6, 6.07) is 12.3. The Hall–Kier alpha value is -2.30. The van der Waals surface area contributed by atoms with Crippen molar-refractivity contribution in [2.45, 2.75) is 0 Å². The second kappa shape index (κ2) is 8.79. The number of hydrogen-bond donors (Lipinski definition) is 8. The molecule has 0 saturated heterocycles. The summed E-state index contributed by atoms with van der Waals surface area (Å²) in [5.74, 6) is -0.306. The summed E-state index contributed by atoms with van der Waals surface area (Å²) in [7, 11) is -4.61. The third kappa shape index (κ3) is 11.2. The summed E-state index contributed by atoms with van der Waals surface area (Å²) < 4.78 is 0. The Bertz CT molecular complexity index is 449. The van der Waals surface area contributed by atoms with E-state index in [0.717, 1.165) is 0 Å². The van der Waals surface area contributed by atoms with Crippen LogP contribution >= 0.6 is 0 Å². The maximum absolute atomic E-state index is 8.67. The van der Waals surface area contributed by atoms with Crippen molar-refractivity contribution in [3.63, 3.8) is 0 Å². The topological polar surface area (TPSA) is 162 Å². The van der Waals surface area contributed by atoms with E-state index in [1.807, 2.05) is 0 Å². The molecule has 8 nitrogen and oxygen atoms in total. The van der Waals surface area contributed by atoms with E-state index >= 15 is 0 Å². The van der Waals surface area contributed by atoms with Crippen LogP contribution in [0.3, 0.4) is 0 Å². The van der Waals surface area contributed by atoms with Crippen LogP contribution in [0.1, 0.15) is 0 Å². The molecule has 2 aromatic carbocycles. The van der Waals surface area contributed by atoms with Crippen molar-refractivity contribution in [2.75, 3.05) is 0 Å². The fourth-order valence-electron chi connectivity index (χ4n) is 0.928. The summed E-state index contributed by atoms with van der Waals surface area (Å²) in [6.45, 7) is 0. The third-order valence-electron chi connectivity index (χ3n) is 1.76. The van der Waals surface area contributed by atoms with E-state index in [1.165, 1.54) is 24.3 Å². The Balaban J connectivity index is 0.000000296. The molecule has 0 fully saturated rings. The lowest BCUT2D eigenvalue weighted by atomic mass is 10.3. The highest BCUT2D eigenvalue weighted by Crippen LogP contribution is 2.21. The molecular formula is C12H16O8Si. The van der Waals surface area contributed by atoms with Crippen LogP contribution < -0.4 is 0 Å². The van der Waals surface area contributed by atoms with Crippen molar-refractivity contribution in [1.29, 1.82) is 0 Å². The molecule has 0 aliphatic heterocycles. The van der Waals surface area contributed by atoms with E-state index < -0.39 is 9.05 Å². The van der Waals surface area contributed by atoms with Crippen LogP contribution in [0.2, 0.25) is 0 Å². The largest absolute Gasteiger partial charge is 0.668 e. The summed E-state index contributed by atoms with van der Waals surface area (Å²) in [5, 5.41) is 34.7. The number of hydrogen-bond acceptors (Lipinski definition) is 8. The average molecular weight is 316 g/mol. The quantitative estimate of drug-likeness (QED) is 0.240. The fraction of sp³-hybridized carbons (Fsp3) is 0. The fourth-order valence-corrected chi connectivity index (χ4v) is 0.928. The maximum atomic E-state index is 8.67. The number of para-hydroxylation sites is 4. The lowest BCUT2D eigenvalue weighted by Gasteiger charge is -1.91. The lowest BCUT2D eigenvalue weighted by molar-refractivity contribution is 0.117. The van der Waals surface area contributed by atoms with Gasteiger partial charge in [-0.1, -0.05) is 24.3 Å². The minimum atomic E-state index is -4.61. The van der Waals surface area contributed by atoms with Gasteiger partial charge in [0.25, 0.3) is 0 Å². The van der Waals surface area contributed by atoms with Gasteiger partial charge < -0.3 is 39.6 Å². The zero-order valence-corrected chi connectivity index (χ0v) is 11.7. The molecule has 0 aliphatic rings. The number of aromatic hydroxyl groups is 4. The highest BCUT2D eigenvalue weighted by atomic mass is 28.4. The van der Waals surface area contributed by atoms with Crippen LogP contribution in [-0.2, 0) is 0 Å². The summed E-state index contributed by atoms with van der Waals surface area (Å²) in [6.07, 6.45) is 0. The van der Waals surface area contributed by atoms with Crippen LogP contribution in [0.5, 0.6) is 23.0 Å². The van der Waals surface area contributed by atoms with E-state index in [4.69, 9.17) is 39.6 Å². The van der Waals surface area contributed by atoms with E-state index in [9.17, 15) is 0 Å². The van der Waals surface area contributed by atoms with Crippen molar-refractivity contribution in [3.8, 4) is 23.0 Å². The van der Waals surface area contributed by atoms with Crippen molar-refractivity contribution >= 4 is 9.05 Å². The smallest absolute Gasteiger partial charge is 0.504 e. The standard InChI is InChI=1S/2C6H6O2.H4O4Si/c2*7-5-3-1-2-4-6(5)8;1-5(2,3)4/h2*1-4,7-8H;1-4H. The average Bonchev–Trinajstić information content (AvgIpc) is 2.35. The van der Waals surface area contributed by atoms with Gasteiger partial charge in [-0.05, 0) is 24.3 Å². The molecule has 0 radical (unpaired) electrons. The maximum Gasteiger partial charge on any atom is 0.668 e. The molecule has 0 spiro atoms. The Kier molecular flexibility index (Phi) is 7.82. The molecule has 0 aliphatic carbocycles. The molecule has 21 heavy (non-hydrogen) atoms. The van der Waals surface area contributed by atoms with Crippen LogP contribution in [0, 0.1) is 0 Å². The van der Waals surface area contributed by atoms with Crippen LogP contribution in [0.15, 0.2) is 48.5 Å². The first kappa shape index (κ1) is 18.7. The van der Waals surface area contributed by atoms with Gasteiger partial charge in [-0.2, -0.15) is 0 Å². The highest BCUT2D eigenvalue weighted by Gasteiger charge is 2.22. The SMILES string of the molecule is O[Si](O)(O)O.Oc1ccccc1O.Oc1ccccc1O. The molecule has 0 saturated carbocycles. The van der Waals surface area contributed by atoms with E-state index in [0.29, 0.717) is 0 Å². The predicted molar refractivity (Wildman–Crippen MR) is 74.2 cm³/mol. The minimum absolute atomic E-state index is 0.0764. The molecule has 0 aromatic heterocycles. The first-order valence-electron chi connectivity index (χ1n) is 5.44. The Morgan fingerprint density at radius 1 is 0.476 bits per heavy atom. The molecule has 0 bridgehead atoms. The summed E-state index contributed by atoms with van der Waals surface area (Å²) >= 11 is 0. The van der Waals surface area contributed by atoms with Crippen LogP contribution in [0.25, 0.3) is 0 Å². The molecule has 0 atom stereocenters. The zero-order chi connectivity index (χ0) is 16.5. The van der Waals surface area contributed by atoms with Crippen molar-refractivity contribution in [1.82, 2.24) is 0 Å². The summed E-state index contributed by atoms with van der Waals surface area (Å²) in [5.41, 5.74) is 0. The number of phenols is 4. The Morgan fingerprint density at radius 3 is 0.714 bits per heavy atom. The van der Waals surface area contributed by atoms with Gasteiger partial charge in [0.1, 0.15) is 0 Å². The van der Waals surface area contributed by atoms with Crippen molar-refractivity contribution < 1.29 is 39.6 Å². The zero-order valence-electron chi connectivity index (χ0n) is 10.7. The van der Waals surface area contributed by atoms with Gasteiger partial charge in [0.05, 0.1) is 0 Å². The molecule has 0 amide bonds. The predicted octanol–water partition coefficient (Wildman–Crippen LogP) is -0.413. The van der Waals surface area contributed by atoms with E-state index in [1.54, 1.807) is 24.3 Å². The Morgan fingerprint density at radius 2 is 0.619 bits per heavy atom. The first-order valence-corrected chi connectivity index (χ1v) is 7.23. The third-order valence-corrected chi connectivity index (χ3v) is 1.76. The monoisotopic (exact) mass is 316 g/mol. The van der Waals surface area contributed by atoms with Gasteiger partial charge in [0, 0.05) is 0 Å². The molecule has 8 N–H and O–H groups in total. The first-order chi connectivity index (χ1) is 9.61. The van der Waals surface area contributed by atoms with Gasteiger partial charge in [0.2, 0.25) is 0 Å². The lowest BCUT2D eigenvalue weighted by Crippen LogP contribution is -2.33. The molecule has 0 heterocycles. The minimum Gasteiger partial charge on any atom is -0.504 e. The van der Waals surface area contributed by atoms with Gasteiger partial charge in [-0.15, -0.1) is 0 Å². The molecular weight excluding hydrogens is 300 g/mol. The van der Waals surface area contributed by atoms with E-state index in [-0.39, 0.29) is 23.0 Å². The van der Waals surface area contributed by atoms with Gasteiger partial charge in [-0.25, -0.2) is 0 Å². The molecule has 116 valence electrons. The van der Waals surface area contributed by atoms with Crippen molar-refractivity contribution in [3.05, 3.63) is 48.5 Å². The van der Waals surface area contributed by atoms with Crippen LogP contribution in [0.4, 0.5) is 0 Å². The molecule has 0 unspecified atom stereocenters. The highest BCUT2D eigenvalue weighted by molar-refractivity contribution is 6.46. The van der Waals surface area contributed by atoms with Gasteiger partial charge in [0.15, 0.2) is 23.0 Å². The second-order valence-electron chi connectivity index (χ2n) is 3.58. The normalized spacial score (nSPS) is 9.71. The molecule has 2 rings (SSSR count).